The van der Waals surface area contributed by atoms with Crippen LogP contribution in [0.25, 0.3) is 0 Å². The topological polar surface area (TPSA) is 83.3 Å². The third-order valence-corrected chi connectivity index (χ3v) is 4.22. The third-order valence-electron chi connectivity index (χ3n) is 4.22. The van der Waals surface area contributed by atoms with Crippen LogP contribution >= 0.6 is 0 Å². The molecule has 7 heteroatoms. The first kappa shape index (κ1) is 16.8. The quantitative estimate of drug-likeness (QED) is 0.895. The number of nitriles is 1. The van der Waals surface area contributed by atoms with Crippen molar-refractivity contribution in [2.75, 3.05) is 37.5 Å². The summed E-state index contributed by atoms with van der Waals surface area (Å²) in [6, 6.07) is 8.05. The number of ether oxygens (including phenoxy) is 2. The van der Waals surface area contributed by atoms with E-state index in [1.807, 2.05) is 24.3 Å². The maximum absolute atomic E-state index is 8.83. The molecule has 130 valence electrons. The Kier molecular flexibility index (Phi) is 5.19. The second-order valence-electron chi connectivity index (χ2n) is 5.90. The summed E-state index contributed by atoms with van der Waals surface area (Å²) in [4.78, 5) is 10.6. The molecule has 1 saturated heterocycles. The first-order chi connectivity index (χ1) is 12.2. The molecule has 0 bridgehead atoms. The highest BCUT2D eigenvalue weighted by molar-refractivity contribution is 5.54. The average molecular weight is 339 g/mol. The Labute approximate surface area is 147 Å². The van der Waals surface area contributed by atoms with Crippen molar-refractivity contribution in [1.82, 2.24) is 9.97 Å². The van der Waals surface area contributed by atoms with Gasteiger partial charge in [-0.3, -0.25) is 0 Å². The summed E-state index contributed by atoms with van der Waals surface area (Å²) in [5.41, 5.74) is 1.30. The van der Waals surface area contributed by atoms with Crippen molar-refractivity contribution < 1.29 is 9.47 Å². The van der Waals surface area contributed by atoms with Gasteiger partial charge >= 0.3 is 0 Å². The van der Waals surface area contributed by atoms with Gasteiger partial charge in [-0.2, -0.15) is 5.26 Å². The molecule has 1 aromatic heterocycles. The van der Waals surface area contributed by atoms with Gasteiger partial charge in [-0.25, -0.2) is 9.97 Å². The smallest absolute Gasteiger partial charge is 0.158 e. The Morgan fingerprint density at radius 3 is 2.52 bits per heavy atom. The van der Waals surface area contributed by atoms with E-state index in [0.717, 1.165) is 48.9 Å². The van der Waals surface area contributed by atoms with Crippen molar-refractivity contribution in [1.29, 1.82) is 5.26 Å². The van der Waals surface area contributed by atoms with Crippen LogP contribution in [-0.2, 0) is 0 Å². The number of nitrogens with one attached hydrogen (secondary N) is 1. The Hall–Kier alpha value is -3.01. The number of aromatic nitrogens is 2. The molecule has 2 aromatic rings. The molecule has 1 atom stereocenters. The van der Waals surface area contributed by atoms with Gasteiger partial charge in [0.25, 0.3) is 0 Å². The summed E-state index contributed by atoms with van der Waals surface area (Å²) in [6.07, 6.45) is 5.30. The highest BCUT2D eigenvalue weighted by Gasteiger charge is 2.21. The van der Waals surface area contributed by atoms with Crippen molar-refractivity contribution in [3.8, 4) is 17.6 Å². The van der Waals surface area contributed by atoms with Gasteiger partial charge < -0.3 is 19.7 Å². The maximum Gasteiger partial charge on any atom is 0.158 e. The zero-order valence-corrected chi connectivity index (χ0v) is 14.4. The molecule has 1 aromatic carbocycles. The summed E-state index contributed by atoms with van der Waals surface area (Å²) >= 11 is 0. The van der Waals surface area contributed by atoms with Crippen LogP contribution in [0.4, 0.5) is 11.5 Å². The lowest BCUT2D eigenvalue weighted by Crippen LogP contribution is -2.42. The highest BCUT2D eigenvalue weighted by atomic mass is 16.5. The number of rotatable bonds is 5. The second-order valence-corrected chi connectivity index (χ2v) is 5.90. The summed E-state index contributed by atoms with van der Waals surface area (Å²) in [5, 5.41) is 12.4. The van der Waals surface area contributed by atoms with Crippen LogP contribution in [0.2, 0.25) is 0 Å². The SMILES string of the molecule is COc1cc(N[C@H]2CCCN(c3cnc(C#N)cn3)C2)cc(OC)c1. The molecule has 0 radical (unpaired) electrons. The molecule has 3 rings (SSSR count). The van der Waals surface area contributed by atoms with Crippen molar-refractivity contribution in [2.45, 2.75) is 18.9 Å². The van der Waals surface area contributed by atoms with Crippen molar-refractivity contribution in [3.63, 3.8) is 0 Å². The molecule has 0 aliphatic carbocycles. The Morgan fingerprint density at radius 1 is 1.16 bits per heavy atom. The molecule has 0 unspecified atom stereocenters. The van der Waals surface area contributed by atoms with Gasteiger partial charge in [-0.15, -0.1) is 0 Å². The molecule has 25 heavy (non-hydrogen) atoms. The molecular weight excluding hydrogens is 318 g/mol. The monoisotopic (exact) mass is 339 g/mol. The molecule has 7 nitrogen and oxygen atoms in total. The fourth-order valence-electron chi connectivity index (χ4n) is 2.97. The number of hydrogen-bond donors (Lipinski definition) is 1. The lowest BCUT2D eigenvalue weighted by atomic mass is 10.1. The number of benzene rings is 1. The maximum atomic E-state index is 8.83. The van der Waals surface area contributed by atoms with E-state index in [9.17, 15) is 0 Å². The second kappa shape index (κ2) is 7.71. The minimum atomic E-state index is 0.281. The molecule has 0 saturated carbocycles. The number of methoxy groups -OCH3 is 2. The summed E-state index contributed by atoms with van der Waals surface area (Å²) in [7, 11) is 3.29. The number of nitrogens with zero attached hydrogens (tertiary/aromatic N) is 4. The van der Waals surface area contributed by atoms with Crippen LogP contribution in [0.1, 0.15) is 18.5 Å². The lowest BCUT2D eigenvalue weighted by Gasteiger charge is -2.34. The summed E-state index contributed by atoms with van der Waals surface area (Å²) in [6.45, 7) is 1.75. The van der Waals surface area contributed by atoms with Gasteiger partial charge in [0, 0.05) is 43.0 Å². The third kappa shape index (κ3) is 4.10. The Balaban J connectivity index is 1.70. The first-order valence-electron chi connectivity index (χ1n) is 8.18. The zero-order valence-electron chi connectivity index (χ0n) is 14.4. The van der Waals surface area contributed by atoms with Gasteiger partial charge in [-0.1, -0.05) is 0 Å². The minimum Gasteiger partial charge on any atom is -0.497 e. The van der Waals surface area contributed by atoms with Crippen LogP contribution in [0.15, 0.2) is 30.6 Å². The van der Waals surface area contributed by atoms with E-state index in [-0.39, 0.29) is 6.04 Å². The average Bonchev–Trinajstić information content (AvgIpc) is 2.68. The molecule has 0 spiro atoms. The number of piperidine rings is 1. The van der Waals surface area contributed by atoms with Crippen LogP contribution in [-0.4, -0.2) is 43.3 Å². The van der Waals surface area contributed by atoms with E-state index >= 15 is 0 Å². The Morgan fingerprint density at radius 2 is 1.92 bits per heavy atom. The van der Waals surface area contributed by atoms with E-state index in [4.69, 9.17) is 14.7 Å². The Bertz CT molecular complexity index is 735. The number of hydrogen-bond acceptors (Lipinski definition) is 7. The summed E-state index contributed by atoms with van der Waals surface area (Å²) < 4.78 is 10.6. The van der Waals surface area contributed by atoms with Gasteiger partial charge in [-0.05, 0) is 12.8 Å². The molecule has 1 N–H and O–H groups in total. The predicted octanol–water partition coefficient (Wildman–Crippen LogP) is 2.45. The minimum absolute atomic E-state index is 0.281. The van der Waals surface area contributed by atoms with E-state index in [1.54, 1.807) is 20.4 Å². The standard InChI is InChI=1S/C18H21N5O2/c1-24-16-6-14(7-17(8-16)25-2)22-13-4-3-5-23(12-13)18-11-20-15(9-19)10-21-18/h6-8,10-11,13,22H,3-5,12H2,1-2H3/t13-/m0/s1. The summed E-state index contributed by atoms with van der Waals surface area (Å²) in [5.74, 6) is 2.31. The predicted molar refractivity (Wildman–Crippen MR) is 95.2 cm³/mol. The molecule has 2 heterocycles. The molecule has 1 aliphatic rings. The van der Waals surface area contributed by atoms with Crippen molar-refractivity contribution in [3.05, 3.63) is 36.3 Å². The lowest BCUT2D eigenvalue weighted by molar-refractivity contribution is 0.394. The normalized spacial score (nSPS) is 16.8. The van der Waals surface area contributed by atoms with E-state index in [0.29, 0.717) is 5.69 Å². The van der Waals surface area contributed by atoms with E-state index in [2.05, 4.69) is 20.2 Å². The molecule has 1 fully saturated rings. The molecular formula is C18H21N5O2. The van der Waals surface area contributed by atoms with E-state index < -0.39 is 0 Å². The van der Waals surface area contributed by atoms with Crippen LogP contribution in [0.5, 0.6) is 11.5 Å². The van der Waals surface area contributed by atoms with E-state index in [1.165, 1.54) is 6.20 Å². The van der Waals surface area contributed by atoms with Gasteiger partial charge in [0.05, 0.1) is 26.6 Å². The first-order valence-corrected chi connectivity index (χ1v) is 8.18. The van der Waals surface area contributed by atoms with Gasteiger partial charge in [0.1, 0.15) is 23.4 Å². The van der Waals surface area contributed by atoms with Crippen molar-refractivity contribution in [2.24, 2.45) is 0 Å². The van der Waals surface area contributed by atoms with Gasteiger partial charge in [0.2, 0.25) is 0 Å². The van der Waals surface area contributed by atoms with Crippen LogP contribution in [0, 0.1) is 11.3 Å². The van der Waals surface area contributed by atoms with Gasteiger partial charge in [0.15, 0.2) is 5.69 Å². The zero-order chi connectivity index (χ0) is 17.6. The molecule has 0 amide bonds. The van der Waals surface area contributed by atoms with Crippen LogP contribution < -0.4 is 19.7 Å². The largest absolute Gasteiger partial charge is 0.497 e. The van der Waals surface area contributed by atoms with Crippen LogP contribution in [0.3, 0.4) is 0 Å². The number of anilines is 2. The van der Waals surface area contributed by atoms with Crippen molar-refractivity contribution >= 4 is 11.5 Å². The highest BCUT2D eigenvalue weighted by Crippen LogP contribution is 2.27. The fraction of sp³-hybridized carbons (Fsp3) is 0.389. The fourth-order valence-corrected chi connectivity index (χ4v) is 2.97. The molecule has 1 aliphatic heterocycles.